The van der Waals surface area contributed by atoms with Crippen LogP contribution in [0.5, 0.6) is 0 Å². The molecule has 1 rings (SSSR count). The molecular formula is C13H19BrFNO2S. The fourth-order valence-electron chi connectivity index (χ4n) is 1.94. The first kappa shape index (κ1) is 16.6. The van der Waals surface area contributed by atoms with Crippen LogP contribution in [-0.4, -0.2) is 31.1 Å². The number of rotatable bonds is 5. The van der Waals surface area contributed by atoms with E-state index in [4.69, 9.17) is 0 Å². The van der Waals surface area contributed by atoms with Gasteiger partial charge in [0.2, 0.25) is 10.0 Å². The van der Waals surface area contributed by atoms with Gasteiger partial charge in [-0.1, -0.05) is 22.9 Å². The Labute approximate surface area is 123 Å². The van der Waals surface area contributed by atoms with Crippen LogP contribution in [0.3, 0.4) is 0 Å². The van der Waals surface area contributed by atoms with Gasteiger partial charge in [-0.3, -0.25) is 0 Å². The zero-order valence-electron chi connectivity index (χ0n) is 11.6. The second kappa shape index (κ2) is 6.33. The van der Waals surface area contributed by atoms with Crippen LogP contribution < -0.4 is 0 Å². The lowest BCUT2D eigenvalue weighted by atomic mass is 10.1. The number of aryl methyl sites for hydroxylation is 2. The van der Waals surface area contributed by atoms with Crippen molar-refractivity contribution in [2.75, 3.05) is 13.6 Å². The van der Waals surface area contributed by atoms with Gasteiger partial charge in [-0.05, 0) is 43.5 Å². The van der Waals surface area contributed by atoms with Gasteiger partial charge in [0, 0.05) is 18.4 Å². The summed E-state index contributed by atoms with van der Waals surface area (Å²) >= 11 is 3.39. The minimum atomic E-state index is -3.57. The van der Waals surface area contributed by atoms with Crippen molar-refractivity contribution >= 4 is 26.0 Å². The lowest BCUT2D eigenvalue weighted by Gasteiger charge is -2.20. The molecular weight excluding hydrogens is 333 g/mol. The van der Waals surface area contributed by atoms with Gasteiger partial charge in [0.05, 0.1) is 4.90 Å². The summed E-state index contributed by atoms with van der Waals surface area (Å²) in [6.07, 6.45) is 0.717. The van der Waals surface area contributed by atoms with Crippen LogP contribution in [0, 0.1) is 19.7 Å². The molecule has 0 aromatic heterocycles. The summed E-state index contributed by atoms with van der Waals surface area (Å²) < 4.78 is 39.5. The Bertz CT molecular complexity index is 535. The molecule has 0 N–H and O–H groups in total. The Morgan fingerprint density at radius 1 is 1.32 bits per heavy atom. The molecule has 6 heteroatoms. The van der Waals surface area contributed by atoms with Crippen molar-refractivity contribution in [1.82, 2.24) is 4.31 Å². The molecule has 0 spiro atoms. The Hall–Kier alpha value is -0.460. The molecule has 19 heavy (non-hydrogen) atoms. The average Bonchev–Trinajstić information content (AvgIpc) is 2.23. The third-order valence-electron chi connectivity index (χ3n) is 2.94. The average molecular weight is 352 g/mol. The van der Waals surface area contributed by atoms with Gasteiger partial charge in [0.1, 0.15) is 5.82 Å². The Morgan fingerprint density at radius 2 is 1.79 bits per heavy atom. The summed E-state index contributed by atoms with van der Waals surface area (Å²) in [5, 5.41) is 0. The lowest BCUT2D eigenvalue weighted by Crippen LogP contribution is -2.30. The molecule has 0 bridgehead atoms. The van der Waals surface area contributed by atoms with Crippen LogP contribution in [0.25, 0.3) is 0 Å². The minimum Gasteiger partial charge on any atom is -0.207 e. The van der Waals surface area contributed by atoms with Crippen molar-refractivity contribution in [2.45, 2.75) is 36.9 Å². The predicted molar refractivity (Wildman–Crippen MR) is 78.7 cm³/mol. The highest BCUT2D eigenvalue weighted by atomic mass is 79.9. The number of sulfonamides is 1. The van der Waals surface area contributed by atoms with E-state index in [1.54, 1.807) is 20.9 Å². The summed E-state index contributed by atoms with van der Waals surface area (Å²) in [6, 6.07) is 2.50. The summed E-state index contributed by atoms with van der Waals surface area (Å²) in [4.78, 5) is 0.458. The van der Waals surface area contributed by atoms with Crippen LogP contribution in [0.4, 0.5) is 4.39 Å². The Morgan fingerprint density at radius 3 is 2.21 bits per heavy atom. The van der Waals surface area contributed by atoms with Crippen molar-refractivity contribution in [2.24, 2.45) is 0 Å². The van der Waals surface area contributed by atoms with Gasteiger partial charge < -0.3 is 0 Å². The van der Waals surface area contributed by atoms with Gasteiger partial charge in [0.15, 0.2) is 0 Å². The summed E-state index contributed by atoms with van der Waals surface area (Å²) in [7, 11) is -2.02. The molecule has 1 unspecified atom stereocenters. The maximum absolute atomic E-state index is 13.2. The molecule has 3 nitrogen and oxygen atoms in total. The van der Waals surface area contributed by atoms with Crippen LogP contribution >= 0.6 is 15.9 Å². The SMILES string of the molecule is Cc1cc(F)cc(C)c1S(=O)(=O)N(C)CCC(C)Br. The van der Waals surface area contributed by atoms with E-state index in [1.807, 2.05) is 6.92 Å². The Kier molecular flexibility index (Phi) is 5.53. The van der Waals surface area contributed by atoms with E-state index >= 15 is 0 Å². The van der Waals surface area contributed by atoms with Crippen LogP contribution in [-0.2, 0) is 10.0 Å². The van der Waals surface area contributed by atoms with Crippen molar-refractivity contribution in [3.8, 4) is 0 Å². The predicted octanol–water partition coefficient (Wildman–Crippen LogP) is 3.24. The monoisotopic (exact) mass is 351 g/mol. The van der Waals surface area contributed by atoms with E-state index in [-0.39, 0.29) is 9.72 Å². The third-order valence-corrected chi connectivity index (χ3v) is 5.56. The first-order valence-corrected chi connectivity index (χ1v) is 8.39. The maximum Gasteiger partial charge on any atom is 0.243 e. The molecule has 0 aliphatic carbocycles. The molecule has 0 amide bonds. The van der Waals surface area contributed by atoms with Crippen molar-refractivity contribution in [3.05, 3.63) is 29.1 Å². The van der Waals surface area contributed by atoms with Gasteiger partial charge in [-0.25, -0.2) is 17.1 Å². The second-order valence-corrected chi connectivity index (χ2v) is 8.31. The normalized spacial score (nSPS) is 13.8. The summed E-state index contributed by atoms with van der Waals surface area (Å²) in [5.41, 5.74) is 0.882. The quantitative estimate of drug-likeness (QED) is 0.763. The van der Waals surface area contributed by atoms with Crippen LogP contribution in [0.2, 0.25) is 0 Å². The Balaban J connectivity index is 3.14. The molecule has 1 aromatic carbocycles. The van der Waals surface area contributed by atoms with E-state index in [1.165, 1.54) is 16.4 Å². The topological polar surface area (TPSA) is 37.4 Å². The zero-order chi connectivity index (χ0) is 14.8. The number of nitrogens with zero attached hydrogens (tertiary/aromatic N) is 1. The highest BCUT2D eigenvalue weighted by Gasteiger charge is 2.25. The van der Waals surface area contributed by atoms with Crippen molar-refractivity contribution in [3.63, 3.8) is 0 Å². The van der Waals surface area contributed by atoms with E-state index < -0.39 is 15.8 Å². The molecule has 1 atom stereocenters. The summed E-state index contributed by atoms with van der Waals surface area (Å²) in [6.45, 7) is 5.62. The summed E-state index contributed by atoms with van der Waals surface area (Å²) in [5.74, 6) is -0.411. The number of benzene rings is 1. The first-order valence-electron chi connectivity index (χ1n) is 6.03. The molecule has 0 aliphatic rings. The standard InChI is InChI=1S/C13H19BrFNO2S/c1-9-7-12(15)8-10(2)13(9)19(17,18)16(4)6-5-11(3)14/h7-8,11H,5-6H2,1-4H3. The van der Waals surface area contributed by atoms with Gasteiger partial charge >= 0.3 is 0 Å². The molecule has 0 saturated carbocycles. The number of hydrogen-bond donors (Lipinski definition) is 0. The third kappa shape index (κ3) is 4.00. The van der Waals surface area contributed by atoms with E-state index in [0.717, 1.165) is 6.42 Å². The number of halogens is 2. The van der Waals surface area contributed by atoms with Crippen molar-refractivity contribution < 1.29 is 12.8 Å². The van der Waals surface area contributed by atoms with Gasteiger partial charge in [-0.15, -0.1) is 0 Å². The zero-order valence-corrected chi connectivity index (χ0v) is 14.0. The van der Waals surface area contributed by atoms with E-state index in [0.29, 0.717) is 17.7 Å². The molecule has 0 radical (unpaired) electrons. The van der Waals surface area contributed by atoms with Gasteiger partial charge in [-0.2, -0.15) is 0 Å². The van der Waals surface area contributed by atoms with Gasteiger partial charge in [0.25, 0.3) is 0 Å². The largest absolute Gasteiger partial charge is 0.243 e. The molecule has 0 heterocycles. The van der Waals surface area contributed by atoms with Crippen LogP contribution in [0.1, 0.15) is 24.5 Å². The number of alkyl halides is 1. The van der Waals surface area contributed by atoms with Crippen molar-refractivity contribution in [1.29, 1.82) is 0 Å². The molecule has 1 aromatic rings. The minimum absolute atomic E-state index is 0.207. The second-order valence-electron chi connectivity index (χ2n) is 4.76. The fourth-order valence-corrected chi connectivity index (χ4v) is 3.73. The number of hydrogen-bond acceptors (Lipinski definition) is 2. The van der Waals surface area contributed by atoms with E-state index in [9.17, 15) is 12.8 Å². The molecule has 108 valence electrons. The molecule has 0 aliphatic heterocycles. The highest BCUT2D eigenvalue weighted by molar-refractivity contribution is 9.09. The highest BCUT2D eigenvalue weighted by Crippen LogP contribution is 2.24. The van der Waals surface area contributed by atoms with E-state index in [2.05, 4.69) is 15.9 Å². The molecule has 0 fully saturated rings. The fraction of sp³-hybridized carbons (Fsp3) is 0.538. The smallest absolute Gasteiger partial charge is 0.207 e. The first-order chi connectivity index (χ1) is 8.66. The molecule has 0 saturated heterocycles. The maximum atomic E-state index is 13.2. The van der Waals surface area contributed by atoms with Crippen LogP contribution in [0.15, 0.2) is 17.0 Å². The lowest BCUT2D eigenvalue weighted by molar-refractivity contribution is 0.461.